The Bertz CT molecular complexity index is 1010. The molecule has 1 aliphatic heterocycles. The summed E-state index contributed by atoms with van der Waals surface area (Å²) in [4.78, 5) is 6.75. The summed E-state index contributed by atoms with van der Waals surface area (Å²) in [5.74, 6) is 1.69. The molecule has 3 aromatic rings. The number of aromatic nitrogens is 1. The maximum absolute atomic E-state index is 6.21. The highest BCUT2D eigenvalue weighted by Gasteiger charge is 2.29. The topological polar surface area (TPSA) is 25.4 Å². The zero-order valence-corrected chi connectivity index (χ0v) is 16.9. The molecule has 138 valence electrons. The van der Waals surface area contributed by atoms with E-state index in [0.29, 0.717) is 0 Å². The highest BCUT2D eigenvalue weighted by atomic mass is 16.5. The second-order valence-electron chi connectivity index (χ2n) is 8.36. The molecule has 27 heavy (non-hydrogen) atoms. The summed E-state index contributed by atoms with van der Waals surface area (Å²) in [5.41, 5.74) is 8.21. The van der Waals surface area contributed by atoms with Crippen LogP contribution >= 0.6 is 0 Å². The van der Waals surface area contributed by atoms with Gasteiger partial charge in [-0.1, -0.05) is 45.0 Å². The third-order valence-corrected chi connectivity index (χ3v) is 5.20. The Morgan fingerprint density at radius 1 is 0.889 bits per heavy atom. The normalized spacial score (nSPS) is 13.0. The lowest BCUT2D eigenvalue weighted by Crippen LogP contribution is -2.20. The molecule has 0 N–H and O–H groups in total. The van der Waals surface area contributed by atoms with Crippen LogP contribution in [0.3, 0.4) is 0 Å². The van der Waals surface area contributed by atoms with Gasteiger partial charge in [0.15, 0.2) is 11.5 Å². The summed E-state index contributed by atoms with van der Waals surface area (Å²) < 4.78 is 6.21. The minimum atomic E-state index is 0.120. The first kappa shape index (κ1) is 17.6. The van der Waals surface area contributed by atoms with Crippen molar-refractivity contribution in [1.29, 1.82) is 0 Å². The fourth-order valence-corrected chi connectivity index (χ4v) is 3.79. The van der Waals surface area contributed by atoms with Crippen LogP contribution in [-0.2, 0) is 5.41 Å². The summed E-state index contributed by atoms with van der Waals surface area (Å²) in [6.07, 6.45) is 1.85. The van der Waals surface area contributed by atoms with Gasteiger partial charge in [-0.25, -0.2) is 0 Å². The van der Waals surface area contributed by atoms with Crippen molar-refractivity contribution in [2.75, 3.05) is 4.90 Å². The Kier molecular flexibility index (Phi) is 3.99. The fraction of sp³-hybridized carbons (Fsp3) is 0.292. The van der Waals surface area contributed by atoms with Gasteiger partial charge < -0.3 is 9.64 Å². The van der Waals surface area contributed by atoms with Crippen molar-refractivity contribution in [3.05, 3.63) is 71.0 Å². The molecule has 0 unspecified atom stereocenters. The monoisotopic (exact) mass is 358 g/mol. The number of benzene rings is 2. The molecular weight excluding hydrogens is 332 g/mol. The average Bonchev–Trinajstić information content (AvgIpc) is 2.60. The van der Waals surface area contributed by atoms with Gasteiger partial charge in [0.25, 0.3) is 0 Å². The number of nitrogens with zero attached hydrogens (tertiary/aromatic N) is 2. The van der Waals surface area contributed by atoms with Gasteiger partial charge in [-0.15, -0.1) is 0 Å². The molecule has 0 fully saturated rings. The maximum atomic E-state index is 6.21. The molecule has 0 saturated carbocycles. The smallest absolute Gasteiger partial charge is 0.172 e. The van der Waals surface area contributed by atoms with Gasteiger partial charge in [-0.3, -0.25) is 4.98 Å². The van der Waals surface area contributed by atoms with E-state index < -0.39 is 0 Å². The number of aryl methyl sites for hydroxylation is 3. The third-order valence-electron chi connectivity index (χ3n) is 5.20. The number of para-hydroxylation sites is 2. The molecule has 0 bridgehead atoms. The van der Waals surface area contributed by atoms with E-state index in [2.05, 4.69) is 68.8 Å². The number of hydrogen-bond donors (Lipinski definition) is 0. The Morgan fingerprint density at radius 2 is 1.56 bits per heavy atom. The number of anilines is 3. The quantitative estimate of drug-likeness (QED) is 0.371. The van der Waals surface area contributed by atoms with Crippen LogP contribution in [0.4, 0.5) is 17.1 Å². The average molecular weight is 358 g/mol. The number of pyridine rings is 1. The van der Waals surface area contributed by atoms with Crippen molar-refractivity contribution in [1.82, 2.24) is 4.98 Å². The van der Waals surface area contributed by atoms with Crippen molar-refractivity contribution in [3.63, 3.8) is 0 Å². The van der Waals surface area contributed by atoms with Gasteiger partial charge in [0, 0.05) is 6.20 Å². The number of fused-ring (bicyclic) bond motifs is 2. The lowest BCUT2D eigenvalue weighted by molar-refractivity contribution is 0.470. The minimum absolute atomic E-state index is 0.120. The molecule has 0 aliphatic carbocycles. The van der Waals surface area contributed by atoms with Crippen LogP contribution in [0.1, 0.15) is 43.2 Å². The zero-order valence-electron chi connectivity index (χ0n) is 16.9. The Labute approximate surface area is 161 Å². The van der Waals surface area contributed by atoms with Gasteiger partial charge >= 0.3 is 0 Å². The van der Waals surface area contributed by atoms with Crippen LogP contribution in [0.25, 0.3) is 0 Å². The van der Waals surface area contributed by atoms with Crippen LogP contribution < -0.4 is 9.64 Å². The molecule has 0 amide bonds. The highest BCUT2D eigenvalue weighted by Crippen LogP contribution is 2.52. The molecule has 4 rings (SSSR count). The van der Waals surface area contributed by atoms with Crippen LogP contribution in [0.15, 0.2) is 48.7 Å². The first-order valence-electron chi connectivity index (χ1n) is 9.41. The zero-order chi connectivity index (χ0) is 19.3. The number of ether oxygens (including phenoxy) is 1. The number of hydrogen-bond acceptors (Lipinski definition) is 3. The van der Waals surface area contributed by atoms with E-state index in [9.17, 15) is 0 Å². The second kappa shape index (κ2) is 6.12. The number of rotatable bonds is 1. The van der Waals surface area contributed by atoms with Gasteiger partial charge in [0.2, 0.25) is 0 Å². The standard InChI is InChI=1S/C24H26N2O/c1-15-13-18(24(4,5)6)14-16(2)22(15)26-19-9-7-8-10-21(19)27-23-17(3)25-12-11-20(23)26/h7-14H,1-6H3. The first-order valence-corrected chi connectivity index (χ1v) is 9.41. The lowest BCUT2D eigenvalue weighted by Gasteiger charge is -2.35. The largest absolute Gasteiger partial charge is 0.451 e. The van der Waals surface area contributed by atoms with Crippen LogP contribution in [-0.4, -0.2) is 4.98 Å². The first-order chi connectivity index (χ1) is 12.8. The van der Waals surface area contributed by atoms with E-state index in [1.165, 1.54) is 22.4 Å². The molecule has 2 aromatic carbocycles. The molecule has 1 aromatic heterocycles. The SMILES string of the molecule is Cc1cc(C(C)(C)C)cc(C)c1N1c2ccccc2Oc2c1ccnc2C. The predicted octanol–water partition coefficient (Wildman–Crippen LogP) is 6.88. The summed E-state index contributed by atoms with van der Waals surface area (Å²) >= 11 is 0. The molecule has 0 spiro atoms. The van der Waals surface area contributed by atoms with Crippen molar-refractivity contribution in [2.24, 2.45) is 0 Å². The van der Waals surface area contributed by atoms with Crippen molar-refractivity contribution in [2.45, 2.75) is 47.0 Å². The summed E-state index contributed by atoms with van der Waals surface area (Å²) in [6, 6.07) is 14.9. The minimum Gasteiger partial charge on any atom is -0.451 e. The molecule has 0 saturated heterocycles. The summed E-state index contributed by atoms with van der Waals surface area (Å²) in [7, 11) is 0. The van der Waals surface area contributed by atoms with Crippen molar-refractivity contribution >= 4 is 17.1 Å². The predicted molar refractivity (Wildman–Crippen MR) is 112 cm³/mol. The van der Waals surface area contributed by atoms with Gasteiger partial charge in [-0.05, 0) is 61.1 Å². The fourth-order valence-electron chi connectivity index (χ4n) is 3.79. The van der Waals surface area contributed by atoms with Crippen LogP contribution in [0.2, 0.25) is 0 Å². The van der Waals surface area contributed by atoms with E-state index in [1.807, 2.05) is 31.3 Å². The third kappa shape index (κ3) is 2.87. The summed E-state index contributed by atoms with van der Waals surface area (Å²) in [6.45, 7) is 13.2. The summed E-state index contributed by atoms with van der Waals surface area (Å²) in [5, 5.41) is 0. The van der Waals surface area contributed by atoms with Gasteiger partial charge in [0.05, 0.1) is 22.8 Å². The van der Waals surface area contributed by atoms with Crippen LogP contribution in [0, 0.1) is 20.8 Å². The molecule has 2 heterocycles. The Balaban J connectivity index is 1.99. The van der Waals surface area contributed by atoms with Gasteiger partial charge in [0.1, 0.15) is 0 Å². The molecule has 0 atom stereocenters. The molecule has 3 nitrogen and oxygen atoms in total. The van der Waals surface area contributed by atoms with Gasteiger partial charge in [-0.2, -0.15) is 0 Å². The van der Waals surface area contributed by atoms with Crippen molar-refractivity contribution < 1.29 is 4.74 Å². The van der Waals surface area contributed by atoms with E-state index in [0.717, 1.165) is 28.6 Å². The molecular formula is C24H26N2O. The second-order valence-corrected chi connectivity index (χ2v) is 8.36. The maximum Gasteiger partial charge on any atom is 0.172 e. The molecule has 1 aliphatic rings. The lowest BCUT2D eigenvalue weighted by atomic mass is 9.84. The van der Waals surface area contributed by atoms with E-state index >= 15 is 0 Å². The van der Waals surface area contributed by atoms with Crippen molar-refractivity contribution in [3.8, 4) is 11.5 Å². The van der Waals surface area contributed by atoms with Crippen LogP contribution in [0.5, 0.6) is 11.5 Å². The van der Waals surface area contributed by atoms with E-state index in [4.69, 9.17) is 4.74 Å². The van der Waals surface area contributed by atoms with E-state index in [1.54, 1.807) is 0 Å². The molecule has 3 heteroatoms. The Morgan fingerprint density at radius 3 is 2.22 bits per heavy atom. The highest BCUT2D eigenvalue weighted by molar-refractivity contribution is 5.88. The molecule has 0 radical (unpaired) electrons. The Hall–Kier alpha value is -2.81. The van der Waals surface area contributed by atoms with E-state index in [-0.39, 0.29) is 5.41 Å².